The van der Waals surface area contributed by atoms with E-state index in [1.165, 1.54) is 6.07 Å². The maximum Gasteiger partial charge on any atom is 0.248 e. The molecule has 1 unspecified atom stereocenters. The summed E-state index contributed by atoms with van der Waals surface area (Å²) in [4.78, 5) is 11.0. The highest BCUT2D eigenvalue weighted by atomic mass is 32.2. The number of nitrogens with two attached hydrogens (primary N) is 2. The molecule has 1 amide bonds. The molecule has 100 valence electrons. The number of carbonyl (C=O) groups excluding carboxylic acids is 1. The quantitative estimate of drug-likeness (QED) is 0.782. The van der Waals surface area contributed by atoms with Crippen molar-refractivity contribution < 1.29 is 13.2 Å². The van der Waals surface area contributed by atoms with Crippen molar-refractivity contribution in [2.24, 2.45) is 11.5 Å². The van der Waals surface area contributed by atoms with Gasteiger partial charge in [-0.15, -0.1) is 0 Å². The maximum atomic E-state index is 11.8. The van der Waals surface area contributed by atoms with Crippen LogP contribution in [0.2, 0.25) is 0 Å². The van der Waals surface area contributed by atoms with Crippen LogP contribution in [0.4, 0.5) is 0 Å². The summed E-state index contributed by atoms with van der Waals surface area (Å²) in [7, 11) is -3.20. The normalized spacial score (nSPS) is 13.2. The van der Waals surface area contributed by atoms with Crippen molar-refractivity contribution in [3.63, 3.8) is 0 Å². The average Bonchev–Trinajstić information content (AvgIpc) is 2.26. The zero-order chi connectivity index (χ0) is 13.8. The van der Waals surface area contributed by atoms with Gasteiger partial charge in [-0.2, -0.15) is 0 Å². The van der Waals surface area contributed by atoms with Crippen molar-refractivity contribution in [3.05, 3.63) is 35.4 Å². The van der Waals surface area contributed by atoms with Crippen LogP contribution >= 0.6 is 0 Å². The number of sulfone groups is 1. The Morgan fingerprint density at radius 3 is 2.61 bits per heavy atom. The van der Waals surface area contributed by atoms with Gasteiger partial charge in [-0.05, 0) is 31.0 Å². The third kappa shape index (κ3) is 4.85. The molecular weight excluding hydrogens is 252 g/mol. The Hall–Kier alpha value is -1.40. The van der Waals surface area contributed by atoms with Crippen LogP contribution in [0, 0.1) is 0 Å². The highest BCUT2D eigenvalue weighted by Crippen LogP contribution is 2.10. The highest BCUT2D eigenvalue weighted by molar-refractivity contribution is 7.90. The van der Waals surface area contributed by atoms with E-state index in [0.717, 1.165) is 0 Å². The Labute approximate surface area is 107 Å². The molecule has 1 rings (SSSR count). The fourth-order valence-electron chi connectivity index (χ4n) is 1.51. The Bertz CT molecular complexity index is 524. The number of benzene rings is 1. The van der Waals surface area contributed by atoms with Crippen LogP contribution in [0.3, 0.4) is 0 Å². The molecule has 0 fully saturated rings. The van der Waals surface area contributed by atoms with E-state index >= 15 is 0 Å². The van der Waals surface area contributed by atoms with Gasteiger partial charge in [-0.3, -0.25) is 4.79 Å². The van der Waals surface area contributed by atoms with Gasteiger partial charge in [0.1, 0.15) is 0 Å². The van der Waals surface area contributed by atoms with Crippen LogP contribution in [0.5, 0.6) is 0 Å². The van der Waals surface area contributed by atoms with Gasteiger partial charge in [0.25, 0.3) is 0 Å². The van der Waals surface area contributed by atoms with Crippen molar-refractivity contribution in [2.45, 2.75) is 25.1 Å². The van der Waals surface area contributed by atoms with Gasteiger partial charge < -0.3 is 11.5 Å². The van der Waals surface area contributed by atoms with E-state index in [1.54, 1.807) is 25.1 Å². The summed E-state index contributed by atoms with van der Waals surface area (Å²) in [6.07, 6.45) is 0.428. The van der Waals surface area contributed by atoms with Crippen LogP contribution in [-0.2, 0) is 15.6 Å². The summed E-state index contributed by atoms with van der Waals surface area (Å²) in [6, 6.07) is 6.20. The first kappa shape index (κ1) is 14.7. The van der Waals surface area contributed by atoms with Crippen molar-refractivity contribution in [1.82, 2.24) is 0 Å². The van der Waals surface area contributed by atoms with Gasteiger partial charge in [0.05, 0.1) is 11.5 Å². The van der Waals surface area contributed by atoms with Crippen LogP contribution in [0.15, 0.2) is 24.3 Å². The molecule has 0 aliphatic heterocycles. The number of rotatable bonds is 6. The minimum absolute atomic E-state index is 0.0471. The molecule has 0 radical (unpaired) electrons. The van der Waals surface area contributed by atoms with Gasteiger partial charge in [-0.25, -0.2) is 8.42 Å². The van der Waals surface area contributed by atoms with E-state index in [4.69, 9.17) is 11.5 Å². The van der Waals surface area contributed by atoms with E-state index in [0.29, 0.717) is 17.5 Å². The summed E-state index contributed by atoms with van der Waals surface area (Å²) < 4.78 is 23.6. The monoisotopic (exact) mass is 270 g/mol. The Morgan fingerprint density at radius 2 is 2.06 bits per heavy atom. The van der Waals surface area contributed by atoms with Crippen LogP contribution in [-0.4, -0.2) is 26.1 Å². The van der Waals surface area contributed by atoms with Gasteiger partial charge >= 0.3 is 0 Å². The lowest BCUT2D eigenvalue weighted by atomic mass is 10.1. The molecule has 18 heavy (non-hydrogen) atoms. The minimum Gasteiger partial charge on any atom is -0.366 e. The lowest BCUT2D eigenvalue weighted by molar-refractivity contribution is 0.1000. The summed E-state index contributed by atoms with van der Waals surface area (Å²) >= 11 is 0. The highest BCUT2D eigenvalue weighted by Gasteiger charge is 2.13. The van der Waals surface area contributed by atoms with Crippen molar-refractivity contribution in [1.29, 1.82) is 0 Å². The lowest BCUT2D eigenvalue weighted by Crippen LogP contribution is -2.21. The van der Waals surface area contributed by atoms with Crippen molar-refractivity contribution >= 4 is 15.7 Å². The molecule has 0 aliphatic carbocycles. The Balaban J connectivity index is 2.78. The number of hydrogen-bond acceptors (Lipinski definition) is 4. The average molecular weight is 270 g/mol. The Morgan fingerprint density at radius 1 is 1.39 bits per heavy atom. The second-order valence-electron chi connectivity index (χ2n) is 4.42. The number of primary amides is 1. The first-order valence-corrected chi connectivity index (χ1v) is 7.47. The predicted molar refractivity (Wildman–Crippen MR) is 70.7 cm³/mol. The number of hydrogen-bond donors (Lipinski definition) is 2. The SMILES string of the molecule is CC(N)CCS(=O)(=O)Cc1cccc(C(N)=O)c1. The number of carbonyl (C=O) groups is 1. The summed E-state index contributed by atoms with van der Waals surface area (Å²) in [6.45, 7) is 1.77. The minimum atomic E-state index is -3.20. The molecule has 1 atom stereocenters. The first-order chi connectivity index (χ1) is 8.30. The van der Waals surface area contributed by atoms with Crippen LogP contribution < -0.4 is 11.5 Å². The molecular formula is C12H18N2O3S. The van der Waals surface area contributed by atoms with Gasteiger partial charge in [0.2, 0.25) is 5.91 Å². The van der Waals surface area contributed by atoms with Crippen LogP contribution in [0.1, 0.15) is 29.3 Å². The predicted octanol–water partition coefficient (Wildman–Crippen LogP) is 0.438. The van der Waals surface area contributed by atoms with E-state index in [2.05, 4.69) is 0 Å². The molecule has 4 N–H and O–H groups in total. The molecule has 6 heteroatoms. The molecule has 0 spiro atoms. The Kier molecular flexibility index (Phi) is 4.86. The molecule has 0 saturated carbocycles. The standard InChI is InChI=1S/C12H18N2O3S/c1-9(13)5-6-18(16,17)8-10-3-2-4-11(7-10)12(14)15/h2-4,7,9H,5-6,8,13H2,1H3,(H2,14,15). The third-order valence-electron chi connectivity index (χ3n) is 2.48. The van der Waals surface area contributed by atoms with E-state index in [1.807, 2.05) is 0 Å². The second-order valence-corrected chi connectivity index (χ2v) is 6.61. The fourth-order valence-corrected chi connectivity index (χ4v) is 3.07. The van der Waals surface area contributed by atoms with Crippen molar-refractivity contribution in [2.75, 3.05) is 5.75 Å². The largest absolute Gasteiger partial charge is 0.366 e. The van der Waals surface area contributed by atoms with E-state index in [-0.39, 0.29) is 17.5 Å². The molecule has 0 aliphatic rings. The zero-order valence-electron chi connectivity index (χ0n) is 10.3. The molecule has 1 aromatic carbocycles. The fraction of sp³-hybridized carbons (Fsp3) is 0.417. The zero-order valence-corrected chi connectivity index (χ0v) is 11.1. The van der Waals surface area contributed by atoms with E-state index < -0.39 is 15.7 Å². The molecule has 0 bridgehead atoms. The lowest BCUT2D eigenvalue weighted by Gasteiger charge is -2.07. The van der Waals surface area contributed by atoms with Gasteiger partial charge in [-0.1, -0.05) is 12.1 Å². The van der Waals surface area contributed by atoms with Gasteiger partial charge in [0.15, 0.2) is 9.84 Å². The van der Waals surface area contributed by atoms with E-state index in [9.17, 15) is 13.2 Å². The smallest absolute Gasteiger partial charge is 0.248 e. The van der Waals surface area contributed by atoms with Gasteiger partial charge in [0, 0.05) is 11.6 Å². The maximum absolute atomic E-state index is 11.8. The molecule has 0 aromatic heterocycles. The molecule has 0 heterocycles. The van der Waals surface area contributed by atoms with Crippen molar-refractivity contribution in [3.8, 4) is 0 Å². The molecule has 0 saturated heterocycles. The van der Waals surface area contributed by atoms with Crippen LogP contribution in [0.25, 0.3) is 0 Å². The first-order valence-electron chi connectivity index (χ1n) is 5.65. The topological polar surface area (TPSA) is 103 Å². The molecule has 1 aromatic rings. The summed E-state index contributed by atoms with van der Waals surface area (Å²) in [5.41, 5.74) is 11.6. The second kappa shape index (κ2) is 5.97. The molecule has 5 nitrogen and oxygen atoms in total. The summed E-state index contributed by atoms with van der Waals surface area (Å²) in [5, 5.41) is 0. The number of amides is 1. The summed E-state index contributed by atoms with van der Waals surface area (Å²) in [5.74, 6) is -0.614. The third-order valence-corrected chi connectivity index (χ3v) is 4.11.